The Morgan fingerprint density at radius 1 is 1.26 bits per heavy atom. The van der Waals surface area contributed by atoms with E-state index in [0.717, 1.165) is 0 Å². The van der Waals surface area contributed by atoms with Crippen molar-refractivity contribution in [3.63, 3.8) is 0 Å². The van der Waals surface area contributed by atoms with Crippen LogP contribution in [0, 0.1) is 5.92 Å². The largest absolute Gasteiger partial charge is 0.490 e. The van der Waals surface area contributed by atoms with E-state index < -0.39 is 43.4 Å². The average molecular weight is 336 g/mol. The Bertz CT molecular complexity index is 363. The third kappa shape index (κ3) is 5.12. The van der Waals surface area contributed by atoms with Gasteiger partial charge in [-0.05, 0) is 6.92 Å². The minimum absolute atomic E-state index is 0.109. The highest BCUT2D eigenvalue weighted by atomic mass is 16.7. The molecule has 136 valence electrons. The maximum atomic E-state index is 10.3. The smallest absolute Gasteiger partial charge is 0.187 e. The Balaban J connectivity index is 2.76. The summed E-state index contributed by atoms with van der Waals surface area (Å²) in [6, 6.07) is 0. The molecular formula is C15H28O8. The van der Waals surface area contributed by atoms with E-state index in [0.29, 0.717) is 0 Å². The van der Waals surface area contributed by atoms with Gasteiger partial charge in [-0.15, -0.1) is 0 Å². The Hall–Kier alpha value is -0.740. The van der Waals surface area contributed by atoms with Gasteiger partial charge >= 0.3 is 0 Å². The molecule has 8 heteroatoms. The van der Waals surface area contributed by atoms with Crippen LogP contribution in [0.2, 0.25) is 0 Å². The lowest BCUT2D eigenvalue weighted by Crippen LogP contribution is -2.57. The fourth-order valence-electron chi connectivity index (χ4n) is 2.48. The molecular weight excluding hydrogens is 308 g/mol. The molecule has 0 aromatic heterocycles. The number of rotatable bonds is 9. The highest BCUT2D eigenvalue weighted by Gasteiger charge is 2.44. The van der Waals surface area contributed by atoms with E-state index in [-0.39, 0.29) is 24.9 Å². The molecule has 1 saturated heterocycles. The van der Waals surface area contributed by atoms with Crippen molar-refractivity contribution in [3.8, 4) is 0 Å². The number of ether oxygens (including phenoxy) is 4. The van der Waals surface area contributed by atoms with Crippen molar-refractivity contribution >= 4 is 0 Å². The zero-order chi connectivity index (χ0) is 17.6. The number of hydrogen-bond acceptors (Lipinski definition) is 8. The van der Waals surface area contributed by atoms with Crippen LogP contribution in [0.5, 0.6) is 0 Å². The van der Waals surface area contributed by atoms with Crippen LogP contribution in [0.15, 0.2) is 12.3 Å². The van der Waals surface area contributed by atoms with Crippen LogP contribution >= 0.6 is 0 Å². The number of hydrogen-bond donors (Lipinski definition) is 4. The molecule has 4 N–H and O–H groups in total. The van der Waals surface area contributed by atoms with Gasteiger partial charge in [0, 0.05) is 13.0 Å². The lowest BCUT2D eigenvalue weighted by atomic mass is 9.91. The Labute approximate surface area is 136 Å². The van der Waals surface area contributed by atoms with Crippen molar-refractivity contribution in [2.45, 2.75) is 50.7 Å². The fourth-order valence-corrected chi connectivity index (χ4v) is 2.48. The van der Waals surface area contributed by atoms with Gasteiger partial charge in [-0.2, -0.15) is 0 Å². The standard InChI is InChI=1S/C15H28O8/c1-8(5-16)21-10(3)12(7-18)23-15-13(19)14(20-4)9(2)11(6-17)22-15/h8-9,11-19H,3,5-7H2,1-2,4H3/t8-,9+,11?,12-,13?,14-,15+/m1/s1. The molecule has 0 aromatic carbocycles. The van der Waals surface area contributed by atoms with E-state index >= 15 is 0 Å². The average Bonchev–Trinajstić information content (AvgIpc) is 2.54. The van der Waals surface area contributed by atoms with Crippen LogP contribution in [-0.4, -0.2) is 84.2 Å². The van der Waals surface area contributed by atoms with Crippen molar-refractivity contribution in [3.05, 3.63) is 12.3 Å². The summed E-state index contributed by atoms with van der Waals surface area (Å²) in [5.74, 6) is -0.126. The first-order chi connectivity index (χ1) is 10.9. The molecule has 1 aliphatic rings. The monoisotopic (exact) mass is 336 g/mol. The number of methoxy groups -OCH3 is 1. The molecule has 1 aliphatic heterocycles. The SMILES string of the molecule is C=C(O[C@H](C)CO)[C@@H](CO)O[C@@H]1OC(CO)[C@H](C)[C@@H](OC)C1O. The van der Waals surface area contributed by atoms with E-state index in [1.165, 1.54) is 7.11 Å². The maximum Gasteiger partial charge on any atom is 0.187 e. The van der Waals surface area contributed by atoms with Gasteiger partial charge in [-0.1, -0.05) is 13.5 Å². The van der Waals surface area contributed by atoms with E-state index in [1.807, 2.05) is 0 Å². The van der Waals surface area contributed by atoms with Crippen molar-refractivity contribution in [1.29, 1.82) is 0 Å². The molecule has 23 heavy (non-hydrogen) atoms. The first-order valence-electron chi connectivity index (χ1n) is 7.59. The summed E-state index contributed by atoms with van der Waals surface area (Å²) in [6.07, 6.45) is -4.83. The Kier molecular flexibility index (Phi) is 8.41. The number of aliphatic hydroxyl groups excluding tert-OH is 4. The minimum Gasteiger partial charge on any atom is -0.490 e. The zero-order valence-electron chi connectivity index (χ0n) is 13.8. The molecule has 0 aliphatic carbocycles. The molecule has 2 unspecified atom stereocenters. The van der Waals surface area contributed by atoms with Crippen LogP contribution in [-0.2, 0) is 18.9 Å². The summed E-state index contributed by atoms with van der Waals surface area (Å²) in [5, 5.41) is 38.1. The van der Waals surface area contributed by atoms with Gasteiger partial charge in [-0.25, -0.2) is 0 Å². The summed E-state index contributed by atoms with van der Waals surface area (Å²) in [5.41, 5.74) is 0. The normalized spacial score (nSPS) is 34.0. The van der Waals surface area contributed by atoms with E-state index in [9.17, 15) is 15.3 Å². The van der Waals surface area contributed by atoms with Crippen molar-refractivity contribution < 1.29 is 39.4 Å². The van der Waals surface area contributed by atoms with Gasteiger partial charge in [0.2, 0.25) is 0 Å². The predicted octanol–water partition coefficient (Wildman–Crippen LogP) is -0.996. The lowest BCUT2D eigenvalue weighted by molar-refractivity contribution is -0.304. The minimum atomic E-state index is -1.12. The molecule has 0 saturated carbocycles. The van der Waals surface area contributed by atoms with E-state index in [2.05, 4.69) is 6.58 Å². The lowest BCUT2D eigenvalue weighted by Gasteiger charge is -2.43. The molecule has 0 aromatic rings. The van der Waals surface area contributed by atoms with Gasteiger partial charge in [0.1, 0.15) is 24.1 Å². The quantitative estimate of drug-likeness (QED) is 0.396. The van der Waals surface area contributed by atoms with Crippen LogP contribution in [0.3, 0.4) is 0 Å². The second kappa shape index (κ2) is 9.53. The van der Waals surface area contributed by atoms with Crippen LogP contribution in [0.4, 0.5) is 0 Å². The van der Waals surface area contributed by atoms with Crippen LogP contribution in [0.1, 0.15) is 13.8 Å². The molecule has 7 atom stereocenters. The second-order valence-corrected chi connectivity index (χ2v) is 5.66. The first kappa shape index (κ1) is 20.3. The summed E-state index contributed by atoms with van der Waals surface area (Å²) >= 11 is 0. The van der Waals surface area contributed by atoms with Crippen molar-refractivity contribution in [2.75, 3.05) is 26.9 Å². The summed E-state index contributed by atoms with van der Waals surface area (Å²) < 4.78 is 21.7. The molecule has 0 spiro atoms. The maximum absolute atomic E-state index is 10.3. The summed E-state index contributed by atoms with van der Waals surface area (Å²) in [4.78, 5) is 0. The van der Waals surface area contributed by atoms with Gasteiger partial charge in [0.05, 0.1) is 32.0 Å². The number of aliphatic hydroxyl groups is 4. The highest BCUT2D eigenvalue weighted by molar-refractivity contribution is 4.96. The molecule has 0 bridgehead atoms. The van der Waals surface area contributed by atoms with Gasteiger partial charge in [0.25, 0.3) is 0 Å². The molecule has 0 radical (unpaired) electrons. The zero-order valence-corrected chi connectivity index (χ0v) is 13.8. The molecule has 1 rings (SSSR count). The van der Waals surface area contributed by atoms with E-state index in [1.54, 1.807) is 13.8 Å². The van der Waals surface area contributed by atoms with Gasteiger partial charge < -0.3 is 39.4 Å². The Morgan fingerprint density at radius 2 is 1.91 bits per heavy atom. The molecule has 1 fully saturated rings. The Morgan fingerprint density at radius 3 is 2.39 bits per heavy atom. The second-order valence-electron chi connectivity index (χ2n) is 5.66. The topological polar surface area (TPSA) is 118 Å². The van der Waals surface area contributed by atoms with Crippen LogP contribution < -0.4 is 0 Å². The highest BCUT2D eigenvalue weighted by Crippen LogP contribution is 2.29. The predicted molar refractivity (Wildman–Crippen MR) is 80.4 cm³/mol. The molecule has 8 nitrogen and oxygen atoms in total. The summed E-state index contributed by atoms with van der Waals surface area (Å²) in [6.45, 7) is 6.18. The third-order valence-electron chi connectivity index (χ3n) is 3.91. The third-order valence-corrected chi connectivity index (χ3v) is 3.91. The van der Waals surface area contributed by atoms with Gasteiger partial charge in [0.15, 0.2) is 6.29 Å². The van der Waals surface area contributed by atoms with Crippen molar-refractivity contribution in [2.24, 2.45) is 5.92 Å². The van der Waals surface area contributed by atoms with Gasteiger partial charge in [-0.3, -0.25) is 0 Å². The fraction of sp³-hybridized carbons (Fsp3) is 0.867. The molecule has 0 amide bonds. The van der Waals surface area contributed by atoms with Crippen molar-refractivity contribution in [1.82, 2.24) is 0 Å². The van der Waals surface area contributed by atoms with Crippen LogP contribution in [0.25, 0.3) is 0 Å². The first-order valence-corrected chi connectivity index (χ1v) is 7.59. The molecule has 1 heterocycles. The summed E-state index contributed by atoms with van der Waals surface area (Å²) in [7, 11) is 1.45. The van der Waals surface area contributed by atoms with E-state index in [4.69, 9.17) is 24.1 Å².